The Morgan fingerprint density at radius 3 is 2.18 bits per heavy atom. The summed E-state index contributed by atoms with van der Waals surface area (Å²) in [5.74, 6) is 5.98. The average molecular weight is 481 g/mol. The largest absolute Gasteiger partial charge is 0.378 e. The highest BCUT2D eigenvalue weighted by molar-refractivity contribution is 7.85. The van der Waals surface area contributed by atoms with Crippen molar-refractivity contribution in [3.05, 3.63) is 71.8 Å². The van der Waals surface area contributed by atoms with Gasteiger partial charge < -0.3 is 14.9 Å². The number of piperazine rings is 1. The first-order valence-electron chi connectivity index (χ1n) is 11.2. The summed E-state index contributed by atoms with van der Waals surface area (Å²) in [6.45, 7) is 9.54. The predicted molar refractivity (Wildman–Crippen MR) is 138 cm³/mol. The number of hydrogen-bond acceptors (Lipinski definition) is 5. The van der Waals surface area contributed by atoms with E-state index in [1.165, 1.54) is 28.6 Å². The van der Waals surface area contributed by atoms with E-state index in [1.807, 2.05) is 13.0 Å². The van der Waals surface area contributed by atoms with Crippen molar-refractivity contribution in [3.63, 3.8) is 0 Å². The zero-order valence-corrected chi connectivity index (χ0v) is 20.9. The molecule has 1 aliphatic rings. The summed E-state index contributed by atoms with van der Waals surface area (Å²) >= 11 is 0. The molecule has 3 aromatic rings. The van der Waals surface area contributed by atoms with Crippen molar-refractivity contribution in [2.45, 2.75) is 31.3 Å². The van der Waals surface area contributed by atoms with Gasteiger partial charge in [-0.25, -0.2) is 0 Å². The van der Waals surface area contributed by atoms with Gasteiger partial charge >= 0.3 is 0 Å². The van der Waals surface area contributed by atoms with E-state index in [2.05, 4.69) is 59.0 Å². The molecule has 7 heteroatoms. The van der Waals surface area contributed by atoms with Crippen molar-refractivity contribution in [2.24, 2.45) is 0 Å². The Balaban J connectivity index is 0.000000248. The van der Waals surface area contributed by atoms with E-state index in [-0.39, 0.29) is 4.90 Å². The molecule has 0 spiro atoms. The number of likely N-dealkylation sites (N-methyl/N-ethyl adjacent to an activating group) is 1. The van der Waals surface area contributed by atoms with Crippen LogP contribution >= 0.6 is 0 Å². The second-order valence-corrected chi connectivity index (χ2v) is 10.5. The van der Waals surface area contributed by atoms with Gasteiger partial charge in [-0.1, -0.05) is 47.7 Å². The quantitative estimate of drug-likeness (QED) is 0.427. The minimum absolute atomic E-state index is 0.0666. The summed E-state index contributed by atoms with van der Waals surface area (Å²) in [6.07, 6.45) is 0. The zero-order chi connectivity index (χ0) is 24.9. The van der Waals surface area contributed by atoms with E-state index in [9.17, 15) is 13.5 Å². The van der Waals surface area contributed by atoms with Crippen molar-refractivity contribution >= 4 is 26.6 Å². The molecule has 0 bridgehead atoms. The van der Waals surface area contributed by atoms with Crippen LogP contribution in [0.3, 0.4) is 0 Å². The number of rotatable bonds is 2. The summed E-state index contributed by atoms with van der Waals surface area (Å²) in [4.78, 5) is 4.75. The lowest BCUT2D eigenvalue weighted by atomic mass is 10.0. The minimum atomic E-state index is -4.02. The van der Waals surface area contributed by atoms with Gasteiger partial charge in [0, 0.05) is 42.8 Å². The third-order valence-corrected chi connectivity index (χ3v) is 6.40. The molecular formula is C27H32N2O4S. The SMILES string of the molecule is CN1CCN(c2cccc3ccc(C#CC(C)(C)O)cc23)CC1.Cc1ccc(S(=O)(=O)O)cc1. The molecule has 0 saturated carbocycles. The summed E-state index contributed by atoms with van der Waals surface area (Å²) in [5, 5.41) is 12.3. The lowest BCUT2D eigenvalue weighted by molar-refractivity contribution is 0.143. The van der Waals surface area contributed by atoms with Gasteiger partial charge in [-0.15, -0.1) is 0 Å². The van der Waals surface area contributed by atoms with Crippen molar-refractivity contribution in [3.8, 4) is 11.8 Å². The number of aliphatic hydroxyl groups is 1. The van der Waals surface area contributed by atoms with Gasteiger partial charge in [0.2, 0.25) is 0 Å². The molecule has 1 heterocycles. The molecule has 0 unspecified atom stereocenters. The lowest BCUT2D eigenvalue weighted by Gasteiger charge is -2.34. The van der Waals surface area contributed by atoms with Gasteiger partial charge in [-0.05, 0) is 63.5 Å². The number of aryl methyl sites for hydroxylation is 1. The molecule has 0 aliphatic carbocycles. The molecule has 0 aromatic heterocycles. The van der Waals surface area contributed by atoms with Crippen molar-refractivity contribution < 1.29 is 18.1 Å². The van der Waals surface area contributed by atoms with Gasteiger partial charge in [0.25, 0.3) is 10.1 Å². The summed E-state index contributed by atoms with van der Waals surface area (Å²) < 4.78 is 29.6. The van der Waals surface area contributed by atoms with Crippen molar-refractivity contribution in [2.75, 3.05) is 38.1 Å². The molecule has 0 atom stereocenters. The van der Waals surface area contributed by atoms with Crippen LogP contribution in [-0.4, -0.2) is 61.8 Å². The summed E-state index contributed by atoms with van der Waals surface area (Å²) in [6, 6.07) is 18.7. The predicted octanol–water partition coefficient (Wildman–Crippen LogP) is 3.96. The number of nitrogens with zero attached hydrogens (tertiary/aromatic N) is 2. The average Bonchev–Trinajstić information content (AvgIpc) is 2.77. The number of hydrogen-bond donors (Lipinski definition) is 2. The standard InChI is InChI=1S/C20H24N2O.C7H8O3S/c1-20(2,23)10-9-16-7-8-17-5-4-6-19(18(17)15-16)22-13-11-21(3)12-14-22;1-6-2-4-7(5-3-6)11(8,9)10/h4-8,15,23H,11-14H2,1-3H3;2-5H,1H3,(H,8,9,10). The van der Waals surface area contributed by atoms with E-state index in [0.29, 0.717) is 0 Å². The first-order valence-corrected chi connectivity index (χ1v) is 12.6. The highest BCUT2D eigenvalue weighted by Crippen LogP contribution is 2.28. The van der Waals surface area contributed by atoms with Gasteiger partial charge in [0.1, 0.15) is 5.60 Å². The Kier molecular flexibility index (Phi) is 8.01. The Morgan fingerprint density at radius 2 is 1.59 bits per heavy atom. The lowest BCUT2D eigenvalue weighted by Crippen LogP contribution is -2.44. The fourth-order valence-corrected chi connectivity index (χ4v) is 4.07. The molecule has 0 radical (unpaired) electrons. The van der Waals surface area contributed by atoms with E-state index in [4.69, 9.17) is 4.55 Å². The molecule has 1 aliphatic heterocycles. The summed E-state index contributed by atoms with van der Waals surface area (Å²) in [7, 11) is -1.85. The molecule has 34 heavy (non-hydrogen) atoms. The topological polar surface area (TPSA) is 81.1 Å². The van der Waals surface area contributed by atoms with E-state index in [1.54, 1.807) is 26.0 Å². The molecule has 180 valence electrons. The molecule has 2 N–H and O–H groups in total. The molecule has 3 aromatic carbocycles. The monoisotopic (exact) mass is 480 g/mol. The first-order chi connectivity index (χ1) is 15.9. The number of fused-ring (bicyclic) bond motifs is 1. The third-order valence-electron chi connectivity index (χ3n) is 5.53. The Morgan fingerprint density at radius 1 is 0.941 bits per heavy atom. The maximum atomic E-state index is 10.5. The zero-order valence-electron chi connectivity index (χ0n) is 20.1. The van der Waals surface area contributed by atoms with Crippen LogP contribution in [0.2, 0.25) is 0 Å². The smallest absolute Gasteiger partial charge is 0.294 e. The fourth-order valence-electron chi connectivity index (χ4n) is 3.59. The van der Waals surface area contributed by atoms with Gasteiger partial charge in [0.15, 0.2) is 0 Å². The minimum Gasteiger partial charge on any atom is -0.378 e. The van der Waals surface area contributed by atoms with Gasteiger partial charge in [-0.3, -0.25) is 4.55 Å². The van der Waals surface area contributed by atoms with Crippen LogP contribution in [0.4, 0.5) is 5.69 Å². The van der Waals surface area contributed by atoms with Crippen LogP contribution in [0.5, 0.6) is 0 Å². The van der Waals surface area contributed by atoms with E-state index in [0.717, 1.165) is 37.3 Å². The molecule has 1 saturated heterocycles. The first kappa shape index (κ1) is 25.7. The molecule has 0 amide bonds. The van der Waals surface area contributed by atoms with Crippen molar-refractivity contribution in [1.82, 2.24) is 4.90 Å². The second-order valence-electron chi connectivity index (χ2n) is 9.10. The Bertz CT molecular complexity index is 1290. The number of benzene rings is 3. The third kappa shape index (κ3) is 7.31. The van der Waals surface area contributed by atoms with E-state index >= 15 is 0 Å². The maximum absolute atomic E-state index is 10.5. The highest BCUT2D eigenvalue weighted by Gasteiger charge is 2.16. The van der Waals surface area contributed by atoms with Crippen LogP contribution in [0.25, 0.3) is 10.8 Å². The maximum Gasteiger partial charge on any atom is 0.294 e. The molecule has 1 fully saturated rings. The normalized spacial score (nSPS) is 14.7. The van der Waals surface area contributed by atoms with E-state index < -0.39 is 15.7 Å². The van der Waals surface area contributed by atoms with Crippen LogP contribution in [-0.2, 0) is 10.1 Å². The van der Waals surface area contributed by atoms with Crippen LogP contribution in [0.1, 0.15) is 25.0 Å². The molecule has 6 nitrogen and oxygen atoms in total. The summed E-state index contributed by atoms with van der Waals surface area (Å²) in [5.41, 5.74) is 2.22. The van der Waals surface area contributed by atoms with Crippen LogP contribution in [0, 0.1) is 18.8 Å². The van der Waals surface area contributed by atoms with Crippen LogP contribution in [0.15, 0.2) is 65.6 Å². The second kappa shape index (κ2) is 10.6. The highest BCUT2D eigenvalue weighted by atomic mass is 32.2. The Labute approximate surface area is 202 Å². The number of anilines is 1. The fraction of sp³-hybridized carbons (Fsp3) is 0.333. The Hall–Kier alpha value is -2.89. The van der Waals surface area contributed by atoms with Crippen LogP contribution < -0.4 is 4.90 Å². The van der Waals surface area contributed by atoms with Gasteiger partial charge in [0.05, 0.1) is 4.90 Å². The van der Waals surface area contributed by atoms with Crippen molar-refractivity contribution in [1.29, 1.82) is 0 Å². The molecule has 4 rings (SSSR count). The van der Waals surface area contributed by atoms with Gasteiger partial charge in [-0.2, -0.15) is 8.42 Å². The molecular weight excluding hydrogens is 448 g/mol.